The van der Waals surface area contributed by atoms with Gasteiger partial charge in [-0.3, -0.25) is 9.59 Å². The Labute approximate surface area is 158 Å². The molecule has 0 radical (unpaired) electrons. The first-order valence-electron chi connectivity index (χ1n) is 9.08. The Morgan fingerprint density at radius 1 is 1.33 bits per heavy atom. The zero-order valence-electron chi connectivity index (χ0n) is 16.0. The lowest BCUT2D eigenvalue weighted by molar-refractivity contribution is 0.0655. The van der Waals surface area contributed by atoms with Crippen LogP contribution in [0.4, 0.5) is 0 Å². The Morgan fingerprint density at radius 3 is 2.74 bits per heavy atom. The van der Waals surface area contributed by atoms with Crippen LogP contribution in [0, 0.1) is 12.8 Å². The van der Waals surface area contributed by atoms with Crippen molar-refractivity contribution in [1.29, 1.82) is 0 Å². The summed E-state index contributed by atoms with van der Waals surface area (Å²) in [5.74, 6) is 1.27. The fourth-order valence-corrected chi connectivity index (χ4v) is 3.23. The predicted molar refractivity (Wildman–Crippen MR) is 101 cm³/mol. The summed E-state index contributed by atoms with van der Waals surface area (Å²) in [6.07, 6.45) is 5.00. The van der Waals surface area contributed by atoms with E-state index in [0.717, 1.165) is 18.4 Å². The first-order valence-corrected chi connectivity index (χ1v) is 9.08. The molecule has 0 N–H and O–H groups in total. The number of methoxy groups -OCH3 is 1. The summed E-state index contributed by atoms with van der Waals surface area (Å²) in [6.45, 7) is 3.88. The van der Waals surface area contributed by atoms with Gasteiger partial charge >= 0.3 is 0 Å². The van der Waals surface area contributed by atoms with E-state index in [1.54, 1.807) is 19.4 Å². The van der Waals surface area contributed by atoms with Gasteiger partial charge in [0.1, 0.15) is 5.75 Å². The first kappa shape index (κ1) is 18.9. The van der Waals surface area contributed by atoms with Crippen LogP contribution in [-0.4, -0.2) is 47.2 Å². The van der Waals surface area contributed by atoms with E-state index < -0.39 is 0 Å². The number of amides is 1. The van der Waals surface area contributed by atoms with Gasteiger partial charge in [0.15, 0.2) is 0 Å². The number of hydrogen-bond donors (Lipinski definition) is 0. The zero-order chi connectivity index (χ0) is 19.4. The van der Waals surface area contributed by atoms with E-state index in [1.807, 2.05) is 24.0 Å². The molecule has 1 fully saturated rings. The van der Waals surface area contributed by atoms with Crippen molar-refractivity contribution in [3.63, 3.8) is 0 Å². The van der Waals surface area contributed by atoms with Gasteiger partial charge in [0.25, 0.3) is 11.5 Å². The molecule has 0 spiro atoms. The van der Waals surface area contributed by atoms with E-state index in [-0.39, 0.29) is 11.5 Å². The summed E-state index contributed by atoms with van der Waals surface area (Å²) in [5, 5.41) is 0. The molecule has 0 atom stereocenters. The number of aromatic nitrogens is 2. The normalized spacial score (nSPS) is 14.9. The molecule has 1 aliphatic rings. The van der Waals surface area contributed by atoms with Crippen molar-refractivity contribution in [2.24, 2.45) is 13.0 Å². The van der Waals surface area contributed by atoms with Crippen LogP contribution in [0.15, 0.2) is 35.4 Å². The molecule has 27 heavy (non-hydrogen) atoms. The molecule has 0 aliphatic carbocycles. The summed E-state index contributed by atoms with van der Waals surface area (Å²) in [5.41, 5.74) is 1.23. The topological polar surface area (TPSA) is 73.7 Å². The van der Waals surface area contributed by atoms with Crippen LogP contribution in [0.5, 0.6) is 11.6 Å². The molecule has 1 amide bonds. The predicted octanol–water partition coefficient (Wildman–Crippen LogP) is 2.03. The van der Waals surface area contributed by atoms with Crippen molar-refractivity contribution in [2.75, 3.05) is 26.8 Å². The molecule has 7 nitrogen and oxygen atoms in total. The van der Waals surface area contributed by atoms with Gasteiger partial charge in [0, 0.05) is 44.2 Å². The van der Waals surface area contributed by atoms with Gasteiger partial charge in [-0.25, -0.2) is 4.98 Å². The Bertz CT molecular complexity index is 870. The number of rotatable bonds is 5. The number of carbonyl (C=O) groups excluding carboxylic acids is 1. The Hall–Kier alpha value is -2.83. The molecule has 1 aliphatic heterocycles. The van der Waals surface area contributed by atoms with Gasteiger partial charge in [-0.15, -0.1) is 0 Å². The quantitative estimate of drug-likeness (QED) is 0.804. The minimum atomic E-state index is -0.205. The highest BCUT2D eigenvalue weighted by molar-refractivity contribution is 5.96. The molecule has 1 saturated heterocycles. The monoisotopic (exact) mass is 371 g/mol. The maximum Gasteiger partial charge on any atom is 0.259 e. The number of likely N-dealkylation sites (tertiary alicyclic amines) is 1. The number of piperidine rings is 1. The molecule has 0 aromatic carbocycles. The highest BCUT2D eigenvalue weighted by Gasteiger charge is 2.26. The van der Waals surface area contributed by atoms with Gasteiger partial charge in [-0.05, 0) is 31.7 Å². The smallest absolute Gasteiger partial charge is 0.259 e. The average molecular weight is 371 g/mol. The van der Waals surface area contributed by atoms with Crippen molar-refractivity contribution in [2.45, 2.75) is 19.8 Å². The van der Waals surface area contributed by atoms with Crippen molar-refractivity contribution < 1.29 is 14.3 Å². The van der Waals surface area contributed by atoms with E-state index in [1.165, 1.54) is 17.7 Å². The third-order valence-electron chi connectivity index (χ3n) is 4.96. The Kier molecular flexibility index (Phi) is 5.78. The summed E-state index contributed by atoms with van der Waals surface area (Å²) in [7, 11) is 3.09. The van der Waals surface area contributed by atoms with Crippen molar-refractivity contribution >= 4 is 5.91 Å². The minimum Gasteiger partial charge on any atom is -0.496 e. The van der Waals surface area contributed by atoms with Crippen LogP contribution in [0.3, 0.4) is 0 Å². The molecular weight excluding hydrogens is 346 g/mol. The lowest BCUT2D eigenvalue weighted by Gasteiger charge is -2.32. The number of aryl methyl sites for hydroxylation is 2. The van der Waals surface area contributed by atoms with E-state index in [9.17, 15) is 9.59 Å². The second kappa shape index (κ2) is 8.24. The summed E-state index contributed by atoms with van der Waals surface area (Å²) >= 11 is 0. The largest absolute Gasteiger partial charge is 0.496 e. The summed E-state index contributed by atoms with van der Waals surface area (Å²) < 4.78 is 12.5. The SMILES string of the molecule is COc1cc(=O)n(C)cc1C(=O)N1CCC(COc2ncccc2C)CC1. The van der Waals surface area contributed by atoms with E-state index >= 15 is 0 Å². The van der Waals surface area contributed by atoms with E-state index in [2.05, 4.69) is 4.98 Å². The fraction of sp³-hybridized carbons (Fsp3) is 0.450. The van der Waals surface area contributed by atoms with Crippen molar-refractivity contribution in [3.05, 3.63) is 52.1 Å². The highest BCUT2D eigenvalue weighted by Crippen LogP contribution is 2.23. The highest BCUT2D eigenvalue weighted by atomic mass is 16.5. The minimum absolute atomic E-state index is 0.109. The maximum atomic E-state index is 12.9. The number of pyridine rings is 2. The molecule has 7 heteroatoms. The van der Waals surface area contributed by atoms with Crippen LogP contribution >= 0.6 is 0 Å². The standard InChI is InChI=1S/C20H25N3O4/c1-14-5-4-8-21-19(14)27-13-15-6-9-23(10-7-15)20(25)16-12-22(2)18(24)11-17(16)26-3/h4-5,8,11-12,15H,6-7,9-10,13H2,1-3H3. The van der Waals surface area contributed by atoms with Gasteiger partial charge in [0.2, 0.25) is 5.88 Å². The summed E-state index contributed by atoms with van der Waals surface area (Å²) in [4.78, 5) is 30.7. The fourth-order valence-electron chi connectivity index (χ4n) is 3.23. The van der Waals surface area contributed by atoms with Crippen LogP contribution < -0.4 is 15.0 Å². The second-order valence-corrected chi connectivity index (χ2v) is 6.88. The van der Waals surface area contributed by atoms with Crippen LogP contribution in [0.25, 0.3) is 0 Å². The Morgan fingerprint density at radius 2 is 2.07 bits per heavy atom. The van der Waals surface area contributed by atoms with Crippen molar-refractivity contribution in [1.82, 2.24) is 14.5 Å². The lowest BCUT2D eigenvalue weighted by Crippen LogP contribution is -2.40. The molecule has 144 valence electrons. The van der Waals surface area contributed by atoms with Crippen LogP contribution in [0.1, 0.15) is 28.8 Å². The van der Waals surface area contributed by atoms with E-state index in [0.29, 0.717) is 42.8 Å². The third-order valence-corrected chi connectivity index (χ3v) is 4.96. The third kappa shape index (κ3) is 4.30. The molecule has 2 aromatic heterocycles. The molecule has 3 rings (SSSR count). The zero-order valence-corrected chi connectivity index (χ0v) is 16.0. The number of hydrogen-bond acceptors (Lipinski definition) is 5. The number of carbonyl (C=O) groups is 1. The molecule has 0 unspecified atom stereocenters. The lowest BCUT2D eigenvalue weighted by atomic mass is 9.97. The summed E-state index contributed by atoms with van der Waals surface area (Å²) in [6, 6.07) is 5.22. The number of nitrogens with zero attached hydrogens (tertiary/aromatic N) is 3. The van der Waals surface area contributed by atoms with Gasteiger partial charge in [-0.2, -0.15) is 0 Å². The molecule has 2 aromatic rings. The maximum absolute atomic E-state index is 12.9. The Balaban J connectivity index is 1.59. The first-order chi connectivity index (χ1) is 13.0. The second-order valence-electron chi connectivity index (χ2n) is 6.88. The molecule has 0 bridgehead atoms. The molecule has 0 saturated carbocycles. The van der Waals surface area contributed by atoms with Crippen molar-refractivity contribution in [3.8, 4) is 11.6 Å². The molecular formula is C20H25N3O4. The molecule has 3 heterocycles. The number of ether oxygens (including phenoxy) is 2. The van der Waals surface area contributed by atoms with Gasteiger partial charge in [0.05, 0.1) is 19.3 Å². The average Bonchev–Trinajstić information content (AvgIpc) is 2.69. The van der Waals surface area contributed by atoms with Crippen LogP contribution in [0.2, 0.25) is 0 Å². The van der Waals surface area contributed by atoms with Crippen LogP contribution in [-0.2, 0) is 7.05 Å². The van der Waals surface area contributed by atoms with Gasteiger partial charge in [-0.1, -0.05) is 6.07 Å². The van der Waals surface area contributed by atoms with Gasteiger partial charge < -0.3 is 18.9 Å². The van der Waals surface area contributed by atoms with E-state index in [4.69, 9.17) is 9.47 Å².